The Bertz CT molecular complexity index is 961. The first kappa shape index (κ1) is 24.5. The van der Waals surface area contributed by atoms with Gasteiger partial charge in [0.1, 0.15) is 5.75 Å². The van der Waals surface area contributed by atoms with Crippen LogP contribution in [0.5, 0.6) is 5.75 Å². The molecule has 0 radical (unpaired) electrons. The number of nitrogens with zero attached hydrogens (tertiary/aromatic N) is 2. The average molecular weight is 472 g/mol. The molecule has 3 rings (SSSR count). The Morgan fingerprint density at radius 2 is 1.69 bits per heavy atom. The van der Waals surface area contributed by atoms with Crippen LogP contribution in [0.15, 0.2) is 59.5 Å². The molecule has 1 atom stereocenters. The Morgan fingerprint density at radius 1 is 1.09 bits per heavy atom. The molecule has 0 aromatic heterocycles. The quantitative estimate of drug-likeness (QED) is 0.637. The van der Waals surface area contributed by atoms with E-state index in [1.54, 1.807) is 0 Å². The third-order valence-corrected chi connectivity index (χ3v) is 7.14. The van der Waals surface area contributed by atoms with Gasteiger partial charge in [0.2, 0.25) is 10.0 Å². The lowest BCUT2D eigenvalue weighted by Gasteiger charge is -2.37. The number of likely N-dealkylation sites (N-methyl/N-ethyl adjacent to an activating group) is 1. The van der Waals surface area contributed by atoms with Gasteiger partial charge in [-0.05, 0) is 69.9 Å². The summed E-state index contributed by atoms with van der Waals surface area (Å²) in [4.78, 5) is 4.32. The molecule has 2 aromatic carbocycles. The minimum absolute atomic E-state index is 0.130. The van der Waals surface area contributed by atoms with E-state index in [4.69, 9.17) is 0 Å². The predicted octanol–water partition coefficient (Wildman–Crippen LogP) is 3.63. The minimum atomic E-state index is -4.84. The highest BCUT2D eigenvalue weighted by molar-refractivity contribution is 7.89. The van der Waals surface area contributed by atoms with Crippen molar-refractivity contribution < 1.29 is 26.3 Å². The molecule has 1 saturated heterocycles. The number of likely N-dealkylation sites (tertiary alicyclic amines) is 1. The molecule has 0 aliphatic carbocycles. The van der Waals surface area contributed by atoms with Crippen LogP contribution in [0, 0.1) is 0 Å². The van der Waals surface area contributed by atoms with Crippen LogP contribution in [0.3, 0.4) is 0 Å². The fraction of sp³-hybridized carbons (Fsp3) is 0.455. The van der Waals surface area contributed by atoms with Gasteiger partial charge in [-0.15, -0.1) is 13.2 Å². The van der Waals surface area contributed by atoms with E-state index in [0.29, 0.717) is 12.6 Å². The van der Waals surface area contributed by atoms with Gasteiger partial charge in [-0.1, -0.05) is 30.3 Å². The summed E-state index contributed by atoms with van der Waals surface area (Å²) in [5, 5.41) is 0. The van der Waals surface area contributed by atoms with Crippen molar-refractivity contribution in [1.29, 1.82) is 0 Å². The maximum absolute atomic E-state index is 13.0. The topological polar surface area (TPSA) is 61.9 Å². The maximum Gasteiger partial charge on any atom is 0.573 e. The van der Waals surface area contributed by atoms with Crippen LogP contribution in [-0.2, 0) is 10.0 Å². The molecule has 1 N–H and O–H groups in total. The molecule has 1 aliphatic rings. The maximum atomic E-state index is 13.0. The number of benzene rings is 2. The van der Waals surface area contributed by atoms with Crippen molar-refractivity contribution in [2.75, 3.05) is 33.7 Å². The molecule has 10 heteroatoms. The first-order chi connectivity index (χ1) is 15.0. The van der Waals surface area contributed by atoms with Crippen LogP contribution < -0.4 is 9.46 Å². The van der Waals surface area contributed by atoms with Gasteiger partial charge in [0.05, 0.1) is 10.9 Å². The minimum Gasteiger partial charge on any atom is -0.406 e. The molecule has 0 saturated carbocycles. The first-order valence-electron chi connectivity index (χ1n) is 10.4. The lowest BCUT2D eigenvalue weighted by Crippen LogP contribution is -2.45. The summed E-state index contributed by atoms with van der Waals surface area (Å²) >= 11 is 0. The van der Waals surface area contributed by atoms with Crippen molar-refractivity contribution in [3.05, 3.63) is 60.2 Å². The van der Waals surface area contributed by atoms with Gasteiger partial charge in [-0.3, -0.25) is 0 Å². The summed E-state index contributed by atoms with van der Waals surface area (Å²) in [6.07, 6.45) is -2.83. The lowest BCUT2D eigenvalue weighted by molar-refractivity contribution is -0.274. The Labute approximate surface area is 187 Å². The summed E-state index contributed by atoms with van der Waals surface area (Å²) in [7, 11) is 0.100. The molecule has 2 aromatic rings. The summed E-state index contributed by atoms with van der Waals surface area (Å²) in [5.41, 5.74) is 0.813. The van der Waals surface area contributed by atoms with E-state index in [1.807, 2.05) is 37.4 Å². The number of halogens is 3. The SMILES string of the molecule is CN1CCC(N(C)C[C@@H](NS(=O)(=O)c2ccc(OC(F)(F)F)cc2)c2ccccc2)CC1. The molecule has 176 valence electrons. The monoisotopic (exact) mass is 471 g/mol. The predicted molar refractivity (Wildman–Crippen MR) is 116 cm³/mol. The fourth-order valence-electron chi connectivity index (χ4n) is 3.84. The van der Waals surface area contributed by atoms with Crippen molar-refractivity contribution in [2.24, 2.45) is 0 Å². The Kier molecular flexibility index (Phi) is 7.81. The van der Waals surface area contributed by atoms with E-state index in [1.165, 1.54) is 0 Å². The molecular weight excluding hydrogens is 443 g/mol. The van der Waals surface area contributed by atoms with E-state index in [9.17, 15) is 21.6 Å². The van der Waals surface area contributed by atoms with E-state index in [-0.39, 0.29) is 4.90 Å². The Hall–Kier alpha value is -2.14. The molecule has 0 amide bonds. The van der Waals surface area contributed by atoms with Crippen molar-refractivity contribution in [1.82, 2.24) is 14.5 Å². The van der Waals surface area contributed by atoms with Gasteiger partial charge < -0.3 is 14.5 Å². The van der Waals surface area contributed by atoms with Crippen LogP contribution in [0.2, 0.25) is 0 Å². The van der Waals surface area contributed by atoms with E-state index in [2.05, 4.69) is 26.3 Å². The van der Waals surface area contributed by atoms with Crippen LogP contribution in [-0.4, -0.2) is 64.4 Å². The van der Waals surface area contributed by atoms with E-state index < -0.39 is 28.2 Å². The van der Waals surface area contributed by atoms with Crippen molar-refractivity contribution >= 4 is 10.0 Å². The molecule has 32 heavy (non-hydrogen) atoms. The number of hydrogen-bond donors (Lipinski definition) is 1. The van der Waals surface area contributed by atoms with Crippen LogP contribution in [0.4, 0.5) is 13.2 Å². The molecule has 0 unspecified atom stereocenters. The first-order valence-corrected chi connectivity index (χ1v) is 11.8. The summed E-state index contributed by atoms with van der Waals surface area (Å²) in [6.45, 7) is 2.44. The summed E-state index contributed by atoms with van der Waals surface area (Å²) < 4.78 is 69.7. The van der Waals surface area contributed by atoms with Gasteiger partial charge in [0, 0.05) is 12.6 Å². The van der Waals surface area contributed by atoms with Crippen molar-refractivity contribution in [3.63, 3.8) is 0 Å². The smallest absolute Gasteiger partial charge is 0.406 e. The number of sulfonamides is 1. The molecule has 0 spiro atoms. The number of nitrogens with one attached hydrogen (secondary N) is 1. The highest BCUT2D eigenvalue weighted by Gasteiger charge is 2.31. The van der Waals surface area contributed by atoms with Gasteiger partial charge >= 0.3 is 6.36 Å². The molecule has 6 nitrogen and oxygen atoms in total. The van der Waals surface area contributed by atoms with Crippen molar-refractivity contribution in [3.8, 4) is 5.75 Å². The summed E-state index contributed by atoms with van der Waals surface area (Å²) in [5.74, 6) is -0.474. The number of alkyl halides is 3. The lowest BCUT2D eigenvalue weighted by atomic mass is 10.0. The van der Waals surface area contributed by atoms with Crippen LogP contribution in [0.25, 0.3) is 0 Å². The standard InChI is InChI=1S/C22H28F3N3O3S/c1-27-14-12-18(13-15-27)28(2)16-21(17-6-4-3-5-7-17)26-32(29,30)20-10-8-19(9-11-20)31-22(23,24)25/h3-11,18,21,26H,12-16H2,1-2H3/t21-/m1/s1. The number of ether oxygens (including phenoxy) is 1. The third-order valence-electron chi connectivity index (χ3n) is 5.65. The van der Waals surface area contributed by atoms with Gasteiger partial charge in [0.25, 0.3) is 0 Å². The van der Waals surface area contributed by atoms with Crippen molar-refractivity contribution in [2.45, 2.75) is 36.2 Å². The largest absolute Gasteiger partial charge is 0.573 e. The molecule has 0 bridgehead atoms. The number of rotatable bonds is 8. The van der Waals surface area contributed by atoms with Gasteiger partial charge in [0.15, 0.2) is 0 Å². The molecule has 1 aliphatic heterocycles. The van der Waals surface area contributed by atoms with Crippen LogP contribution >= 0.6 is 0 Å². The van der Waals surface area contributed by atoms with Gasteiger partial charge in [-0.2, -0.15) is 0 Å². The zero-order valence-corrected chi connectivity index (χ0v) is 18.9. The summed E-state index contributed by atoms with van der Waals surface area (Å²) in [6, 6.07) is 13.3. The van der Waals surface area contributed by atoms with Crippen LogP contribution in [0.1, 0.15) is 24.4 Å². The molecule has 1 heterocycles. The zero-order valence-electron chi connectivity index (χ0n) is 18.0. The van der Waals surface area contributed by atoms with E-state index >= 15 is 0 Å². The van der Waals surface area contributed by atoms with Gasteiger partial charge in [-0.25, -0.2) is 13.1 Å². The average Bonchev–Trinajstić information content (AvgIpc) is 2.73. The fourth-order valence-corrected chi connectivity index (χ4v) is 5.06. The zero-order chi connectivity index (χ0) is 23.4. The highest BCUT2D eigenvalue weighted by Crippen LogP contribution is 2.25. The second-order valence-electron chi connectivity index (χ2n) is 8.08. The second-order valence-corrected chi connectivity index (χ2v) is 9.79. The number of piperidine rings is 1. The molecule has 1 fully saturated rings. The normalized spacial score (nSPS) is 17.4. The third kappa shape index (κ3) is 6.93. The highest BCUT2D eigenvalue weighted by atomic mass is 32.2. The number of hydrogen-bond acceptors (Lipinski definition) is 5. The van der Waals surface area contributed by atoms with E-state index in [0.717, 1.165) is 55.8 Å². The Morgan fingerprint density at radius 3 is 2.25 bits per heavy atom. The Balaban J connectivity index is 1.76. The second kappa shape index (κ2) is 10.2. The molecular formula is C22H28F3N3O3S.